The van der Waals surface area contributed by atoms with Gasteiger partial charge in [-0.2, -0.15) is 0 Å². The molecule has 1 heterocycles. The number of hydrogen-bond donors (Lipinski definition) is 1. The lowest BCUT2D eigenvalue weighted by Crippen LogP contribution is -2.22. The summed E-state index contributed by atoms with van der Waals surface area (Å²) >= 11 is 0. The van der Waals surface area contributed by atoms with Gasteiger partial charge in [-0.1, -0.05) is 39.8 Å². The van der Waals surface area contributed by atoms with E-state index in [1.807, 2.05) is 12.1 Å². The third-order valence-electron chi connectivity index (χ3n) is 3.35. The molecule has 0 amide bonds. The second kappa shape index (κ2) is 5.33. The normalized spacial score (nSPS) is 12.0. The third kappa shape index (κ3) is 2.66. The summed E-state index contributed by atoms with van der Waals surface area (Å²) in [5.74, 6) is 0.922. The zero-order chi connectivity index (χ0) is 14.2. The topological polar surface area (TPSA) is 25.2 Å². The van der Waals surface area contributed by atoms with Gasteiger partial charge >= 0.3 is 0 Å². The van der Waals surface area contributed by atoms with Gasteiger partial charge in [-0.25, -0.2) is 4.39 Å². The van der Waals surface area contributed by atoms with Gasteiger partial charge in [-0.3, -0.25) is 0 Å². The lowest BCUT2D eigenvalue weighted by Gasteiger charge is -2.09. The Hall–Kier alpha value is -1.35. The largest absolute Gasteiger partial charge is 0.456 e. The summed E-state index contributed by atoms with van der Waals surface area (Å²) in [6.45, 7) is 10.8. The lowest BCUT2D eigenvalue weighted by atomic mass is 9.98. The molecule has 3 heteroatoms. The van der Waals surface area contributed by atoms with Gasteiger partial charge in [-0.15, -0.1) is 0 Å². The zero-order valence-corrected chi connectivity index (χ0v) is 12.3. The Morgan fingerprint density at radius 2 is 1.89 bits per heavy atom. The van der Waals surface area contributed by atoms with Crippen LogP contribution in [0.5, 0.6) is 0 Å². The van der Waals surface area contributed by atoms with Crippen LogP contribution in [-0.4, -0.2) is 6.04 Å². The maximum atomic E-state index is 14.1. The molecule has 0 spiro atoms. The van der Waals surface area contributed by atoms with Crippen LogP contribution in [0.25, 0.3) is 11.0 Å². The van der Waals surface area contributed by atoms with Gasteiger partial charge in [0.2, 0.25) is 0 Å². The lowest BCUT2D eigenvalue weighted by molar-refractivity contribution is 0.469. The minimum atomic E-state index is -0.241. The molecule has 0 atom stereocenters. The molecule has 19 heavy (non-hydrogen) atoms. The van der Waals surface area contributed by atoms with Crippen LogP contribution in [0.2, 0.25) is 0 Å². The average Bonchev–Trinajstić information content (AvgIpc) is 2.70. The van der Waals surface area contributed by atoms with Crippen molar-refractivity contribution in [2.45, 2.75) is 53.1 Å². The number of benzene rings is 1. The van der Waals surface area contributed by atoms with Crippen molar-refractivity contribution in [1.29, 1.82) is 0 Å². The van der Waals surface area contributed by atoms with Crippen molar-refractivity contribution in [3.63, 3.8) is 0 Å². The van der Waals surface area contributed by atoms with E-state index in [2.05, 4.69) is 33.0 Å². The Bertz CT molecular complexity index is 584. The summed E-state index contributed by atoms with van der Waals surface area (Å²) in [7, 11) is 0. The van der Waals surface area contributed by atoms with E-state index in [1.165, 1.54) is 0 Å². The first kappa shape index (κ1) is 14.1. The van der Waals surface area contributed by atoms with Crippen molar-refractivity contribution in [2.24, 2.45) is 0 Å². The highest BCUT2D eigenvalue weighted by molar-refractivity contribution is 5.84. The molecule has 0 radical (unpaired) electrons. The van der Waals surface area contributed by atoms with Gasteiger partial charge in [0.05, 0.1) is 6.54 Å². The van der Waals surface area contributed by atoms with E-state index in [-0.39, 0.29) is 5.82 Å². The summed E-state index contributed by atoms with van der Waals surface area (Å²) in [5, 5.41) is 4.24. The number of nitrogens with one attached hydrogen (secondary N) is 1. The molecule has 0 aliphatic rings. The molecule has 0 saturated carbocycles. The number of furan rings is 1. The predicted octanol–water partition coefficient (Wildman–Crippen LogP) is 4.50. The van der Waals surface area contributed by atoms with E-state index < -0.39 is 0 Å². The van der Waals surface area contributed by atoms with Gasteiger partial charge in [0.25, 0.3) is 0 Å². The van der Waals surface area contributed by atoms with Crippen LogP contribution in [0.15, 0.2) is 16.5 Å². The maximum Gasteiger partial charge on any atom is 0.170 e. The highest BCUT2D eigenvalue weighted by Crippen LogP contribution is 2.34. The van der Waals surface area contributed by atoms with E-state index >= 15 is 0 Å². The molecule has 2 rings (SSSR count). The molecule has 0 fully saturated rings. The quantitative estimate of drug-likeness (QED) is 0.878. The second-order valence-corrected chi connectivity index (χ2v) is 5.70. The number of rotatable bonds is 4. The SMILES string of the molecule is Cc1ccc2c(C(C)C)c(CNC(C)C)oc2c1F. The molecule has 0 aliphatic heterocycles. The van der Waals surface area contributed by atoms with Crippen LogP contribution >= 0.6 is 0 Å². The minimum absolute atomic E-state index is 0.241. The Labute approximate surface area is 114 Å². The van der Waals surface area contributed by atoms with Crippen molar-refractivity contribution in [3.05, 3.63) is 34.8 Å². The van der Waals surface area contributed by atoms with Gasteiger partial charge in [0, 0.05) is 17.0 Å². The standard InChI is InChI=1S/C16H22FNO/c1-9(2)14-12-7-6-11(5)15(17)16(12)19-13(14)8-18-10(3)4/h6-7,9-10,18H,8H2,1-5H3. The molecule has 2 nitrogen and oxygen atoms in total. The highest BCUT2D eigenvalue weighted by Gasteiger charge is 2.20. The van der Waals surface area contributed by atoms with Crippen molar-refractivity contribution >= 4 is 11.0 Å². The molecule has 0 bridgehead atoms. The van der Waals surface area contributed by atoms with Crippen LogP contribution in [0.1, 0.15) is 50.5 Å². The fraction of sp³-hybridized carbons (Fsp3) is 0.500. The summed E-state index contributed by atoms with van der Waals surface area (Å²) in [4.78, 5) is 0. The fourth-order valence-corrected chi connectivity index (χ4v) is 2.36. The third-order valence-corrected chi connectivity index (χ3v) is 3.35. The molecule has 1 aromatic heterocycles. The van der Waals surface area contributed by atoms with Gasteiger partial charge in [0.15, 0.2) is 11.4 Å². The number of halogens is 1. The van der Waals surface area contributed by atoms with Gasteiger partial charge < -0.3 is 9.73 Å². The summed E-state index contributed by atoms with van der Waals surface area (Å²) in [6, 6.07) is 4.16. The Balaban J connectivity index is 2.56. The molecule has 0 aliphatic carbocycles. The maximum absolute atomic E-state index is 14.1. The van der Waals surface area contributed by atoms with Crippen LogP contribution in [0, 0.1) is 12.7 Å². The number of aryl methyl sites for hydroxylation is 1. The molecule has 1 aromatic carbocycles. The first-order valence-electron chi connectivity index (χ1n) is 6.85. The van der Waals surface area contributed by atoms with Gasteiger partial charge in [0.1, 0.15) is 5.76 Å². The van der Waals surface area contributed by atoms with Crippen molar-refractivity contribution < 1.29 is 8.81 Å². The molecule has 0 saturated heterocycles. The molecule has 2 aromatic rings. The average molecular weight is 263 g/mol. The summed E-state index contributed by atoms with van der Waals surface area (Å²) < 4.78 is 19.9. The van der Waals surface area contributed by atoms with Crippen molar-refractivity contribution in [1.82, 2.24) is 5.32 Å². The second-order valence-electron chi connectivity index (χ2n) is 5.70. The molecule has 104 valence electrons. The molecule has 0 unspecified atom stereocenters. The first-order chi connectivity index (χ1) is 8.91. The Kier molecular flexibility index (Phi) is 3.95. The van der Waals surface area contributed by atoms with Crippen molar-refractivity contribution in [3.8, 4) is 0 Å². The van der Waals surface area contributed by atoms with E-state index in [0.29, 0.717) is 29.7 Å². The molecule has 1 N–H and O–H groups in total. The smallest absolute Gasteiger partial charge is 0.170 e. The van der Waals surface area contributed by atoms with Crippen molar-refractivity contribution in [2.75, 3.05) is 0 Å². The van der Waals surface area contributed by atoms with Gasteiger partial charge in [-0.05, 0) is 18.4 Å². The van der Waals surface area contributed by atoms with Crippen LogP contribution in [-0.2, 0) is 6.54 Å². The first-order valence-corrected chi connectivity index (χ1v) is 6.85. The monoisotopic (exact) mass is 263 g/mol. The number of hydrogen-bond acceptors (Lipinski definition) is 2. The molecular formula is C16H22FNO. The van der Waals surface area contributed by atoms with Crippen LogP contribution in [0.4, 0.5) is 4.39 Å². The summed E-state index contributed by atoms with van der Waals surface area (Å²) in [5.41, 5.74) is 2.13. The molecular weight excluding hydrogens is 241 g/mol. The highest BCUT2D eigenvalue weighted by atomic mass is 19.1. The Morgan fingerprint density at radius 1 is 1.21 bits per heavy atom. The number of fused-ring (bicyclic) bond motifs is 1. The van der Waals surface area contributed by atoms with Crippen LogP contribution < -0.4 is 5.32 Å². The van der Waals surface area contributed by atoms with E-state index in [4.69, 9.17) is 4.42 Å². The van der Waals surface area contributed by atoms with E-state index in [0.717, 1.165) is 16.7 Å². The van der Waals surface area contributed by atoms with E-state index in [9.17, 15) is 4.39 Å². The Morgan fingerprint density at radius 3 is 2.47 bits per heavy atom. The summed E-state index contributed by atoms with van der Waals surface area (Å²) in [6.07, 6.45) is 0. The minimum Gasteiger partial charge on any atom is -0.456 e. The van der Waals surface area contributed by atoms with Crippen LogP contribution in [0.3, 0.4) is 0 Å². The zero-order valence-electron chi connectivity index (χ0n) is 12.3. The predicted molar refractivity (Wildman–Crippen MR) is 77.0 cm³/mol. The fourth-order valence-electron chi connectivity index (χ4n) is 2.36. The van der Waals surface area contributed by atoms with E-state index in [1.54, 1.807) is 6.92 Å².